The molecule has 4 heterocycles. The summed E-state index contributed by atoms with van der Waals surface area (Å²) >= 11 is 0. The van der Waals surface area contributed by atoms with Gasteiger partial charge in [0.25, 0.3) is 0 Å². The maximum absolute atomic E-state index is 15.4. The fourth-order valence-corrected chi connectivity index (χ4v) is 5.95. The third-order valence-corrected chi connectivity index (χ3v) is 8.09. The molecule has 4 aromatic rings. The molecule has 2 fully saturated rings. The molecule has 11 heteroatoms. The summed E-state index contributed by atoms with van der Waals surface area (Å²) in [5, 5.41) is 13.8. The summed E-state index contributed by atoms with van der Waals surface area (Å²) in [6.45, 7) is 6.85. The molecule has 0 aliphatic carbocycles. The summed E-state index contributed by atoms with van der Waals surface area (Å²) in [6.07, 6.45) is 4.89. The zero-order valence-corrected chi connectivity index (χ0v) is 23.4. The minimum absolute atomic E-state index is 0.0598. The lowest BCUT2D eigenvalue weighted by molar-refractivity contribution is 0.199. The van der Waals surface area contributed by atoms with Gasteiger partial charge in [-0.15, -0.1) is 0 Å². The second-order valence-corrected chi connectivity index (χ2v) is 10.7. The van der Waals surface area contributed by atoms with Crippen molar-refractivity contribution in [3.05, 3.63) is 59.8 Å². The van der Waals surface area contributed by atoms with Crippen molar-refractivity contribution < 1.29 is 18.8 Å². The Morgan fingerprint density at radius 1 is 1.10 bits per heavy atom. The summed E-state index contributed by atoms with van der Waals surface area (Å²) in [5.74, 6) is 1.87. The van der Waals surface area contributed by atoms with E-state index in [0.29, 0.717) is 55.3 Å². The zero-order valence-electron chi connectivity index (χ0n) is 23.4. The van der Waals surface area contributed by atoms with E-state index in [1.165, 1.54) is 12.4 Å². The predicted octanol–water partition coefficient (Wildman–Crippen LogP) is 4.70. The van der Waals surface area contributed by atoms with Gasteiger partial charge in [-0.1, -0.05) is 18.1 Å². The van der Waals surface area contributed by atoms with Gasteiger partial charge in [0, 0.05) is 56.3 Å². The number of fused-ring (bicyclic) bond motifs is 1. The van der Waals surface area contributed by atoms with E-state index in [2.05, 4.69) is 31.9 Å². The summed E-state index contributed by atoms with van der Waals surface area (Å²) in [7, 11) is 0. The molecular weight excluding hydrogens is 525 g/mol. The normalized spacial score (nSPS) is 16.4. The van der Waals surface area contributed by atoms with Crippen LogP contribution in [0.15, 0.2) is 41.2 Å². The van der Waals surface area contributed by atoms with Crippen LogP contribution in [0.25, 0.3) is 22.0 Å². The first-order valence-electron chi connectivity index (χ1n) is 14.3. The molecule has 1 N–H and O–H groups in total. The largest absolute Gasteiger partial charge is 0.395 e. The highest BCUT2D eigenvalue weighted by molar-refractivity contribution is 6.00. The van der Waals surface area contributed by atoms with E-state index in [-0.39, 0.29) is 24.4 Å². The number of urea groups is 1. The van der Waals surface area contributed by atoms with Gasteiger partial charge in [0.05, 0.1) is 17.5 Å². The van der Waals surface area contributed by atoms with Gasteiger partial charge >= 0.3 is 6.03 Å². The second kappa shape index (κ2) is 11.4. The molecule has 2 aromatic carbocycles. The number of hydrogen-bond acceptors (Lipinski definition) is 8. The molecule has 0 unspecified atom stereocenters. The van der Waals surface area contributed by atoms with E-state index in [9.17, 15) is 9.90 Å². The molecule has 214 valence electrons. The lowest BCUT2D eigenvalue weighted by Crippen LogP contribution is -2.34. The van der Waals surface area contributed by atoms with Crippen molar-refractivity contribution in [2.75, 3.05) is 49.1 Å². The van der Waals surface area contributed by atoms with Crippen molar-refractivity contribution in [3.63, 3.8) is 0 Å². The van der Waals surface area contributed by atoms with Crippen molar-refractivity contribution in [2.45, 2.75) is 45.4 Å². The quantitative estimate of drug-likeness (QED) is 0.331. The summed E-state index contributed by atoms with van der Waals surface area (Å²) in [5.41, 5.74) is 4.00. The summed E-state index contributed by atoms with van der Waals surface area (Å²) in [6, 6.07) is 9.01. The number of aryl methyl sites for hydroxylation is 2. The van der Waals surface area contributed by atoms with Crippen molar-refractivity contribution in [2.24, 2.45) is 0 Å². The molecule has 2 aliphatic heterocycles. The Balaban J connectivity index is 1.26. The molecule has 2 aromatic heterocycles. The van der Waals surface area contributed by atoms with E-state index < -0.39 is 0 Å². The molecule has 0 bridgehead atoms. The van der Waals surface area contributed by atoms with Gasteiger partial charge in [-0.3, -0.25) is 4.90 Å². The Labute approximate surface area is 237 Å². The highest BCUT2D eigenvalue weighted by Crippen LogP contribution is 2.37. The molecule has 41 heavy (non-hydrogen) atoms. The van der Waals surface area contributed by atoms with Crippen LogP contribution >= 0.6 is 0 Å². The van der Waals surface area contributed by atoms with Crippen LogP contribution in [0.2, 0.25) is 0 Å². The number of halogens is 1. The maximum Gasteiger partial charge on any atom is 0.324 e. The highest BCUT2D eigenvalue weighted by atomic mass is 19.1. The Bertz CT molecular complexity index is 1570. The van der Waals surface area contributed by atoms with Crippen molar-refractivity contribution >= 4 is 28.4 Å². The van der Waals surface area contributed by atoms with Crippen LogP contribution < -0.4 is 9.80 Å². The molecule has 0 radical (unpaired) electrons. The third-order valence-electron chi connectivity index (χ3n) is 8.09. The number of anilines is 2. The van der Waals surface area contributed by atoms with Gasteiger partial charge in [-0.25, -0.2) is 19.2 Å². The first-order valence-corrected chi connectivity index (χ1v) is 14.3. The Morgan fingerprint density at radius 3 is 2.68 bits per heavy atom. The number of aliphatic hydroxyl groups excluding tert-OH is 1. The molecular formula is C30H34FN7O3. The van der Waals surface area contributed by atoms with Crippen LogP contribution in [0.3, 0.4) is 0 Å². The molecule has 0 atom stereocenters. The van der Waals surface area contributed by atoms with Crippen LogP contribution in [-0.2, 0) is 6.42 Å². The first kappa shape index (κ1) is 27.1. The summed E-state index contributed by atoms with van der Waals surface area (Å²) < 4.78 is 20.8. The SMILES string of the molecule is CCCc1nc(C2CCN(c3ncnc4c(-c5ccc(N6CCN(CCO)C6=O)c(C)c5)ccc(F)c34)CC2)no1. The molecule has 0 saturated carbocycles. The van der Waals surface area contributed by atoms with E-state index >= 15 is 4.39 Å². The average Bonchev–Trinajstić information content (AvgIpc) is 3.60. The fraction of sp³-hybridized carbons (Fsp3) is 0.433. The molecule has 2 saturated heterocycles. The van der Waals surface area contributed by atoms with Gasteiger partial charge in [0.1, 0.15) is 18.0 Å². The van der Waals surface area contributed by atoms with E-state index in [4.69, 9.17) is 4.52 Å². The van der Waals surface area contributed by atoms with E-state index in [1.807, 2.05) is 25.1 Å². The average molecular weight is 560 g/mol. The minimum Gasteiger partial charge on any atom is -0.395 e. The van der Waals surface area contributed by atoms with Gasteiger partial charge in [0.2, 0.25) is 5.89 Å². The molecule has 2 amide bonds. The number of carbonyl (C=O) groups excluding carboxylic acids is 1. The van der Waals surface area contributed by atoms with Crippen LogP contribution in [0.5, 0.6) is 0 Å². The summed E-state index contributed by atoms with van der Waals surface area (Å²) in [4.78, 5) is 31.9. The fourth-order valence-electron chi connectivity index (χ4n) is 5.95. The number of hydrogen-bond donors (Lipinski definition) is 1. The second-order valence-electron chi connectivity index (χ2n) is 10.7. The first-order chi connectivity index (χ1) is 20.0. The zero-order chi connectivity index (χ0) is 28.5. The number of benzene rings is 2. The van der Waals surface area contributed by atoms with Crippen molar-refractivity contribution in [1.29, 1.82) is 0 Å². The number of carbonyl (C=O) groups is 1. The van der Waals surface area contributed by atoms with Gasteiger partial charge in [-0.2, -0.15) is 4.98 Å². The van der Waals surface area contributed by atoms with Crippen LogP contribution in [0.4, 0.5) is 20.7 Å². The third kappa shape index (κ3) is 5.10. The van der Waals surface area contributed by atoms with E-state index in [1.54, 1.807) is 15.9 Å². The van der Waals surface area contributed by atoms with Crippen molar-refractivity contribution in [1.82, 2.24) is 25.0 Å². The van der Waals surface area contributed by atoms with Crippen molar-refractivity contribution in [3.8, 4) is 11.1 Å². The number of nitrogens with zero attached hydrogens (tertiary/aromatic N) is 7. The van der Waals surface area contributed by atoms with Crippen LogP contribution in [-0.4, -0.2) is 75.5 Å². The topological polar surface area (TPSA) is 112 Å². The number of aliphatic hydroxyl groups is 1. The Morgan fingerprint density at radius 2 is 1.93 bits per heavy atom. The highest BCUT2D eigenvalue weighted by Gasteiger charge is 2.30. The van der Waals surface area contributed by atoms with Gasteiger partial charge in [0.15, 0.2) is 5.82 Å². The van der Waals surface area contributed by atoms with E-state index in [0.717, 1.165) is 53.9 Å². The molecule has 2 aliphatic rings. The predicted molar refractivity (Wildman–Crippen MR) is 154 cm³/mol. The smallest absolute Gasteiger partial charge is 0.324 e. The molecule has 0 spiro atoms. The Hall–Kier alpha value is -4.12. The number of aromatic nitrogens is 4. The molecule has 10 nitrogen and oxygen atoms in total. The number of piperidine rings is 1. The van der Waals surface area contributed by atoms with Crippen LogP contribution in [0.1, 0.15) is 49.4 Å². The van der Waals surface area contributed by atoms with Crippen LogP contribution in [0, 0.1) is 12.7 Å². The lowest BCUT2D eigenvalue weighted by atomic mass is 9.95. The lowest BCUT2D eigenvalue weighted by Gasteiger charge is -2.32. The number of β-amino-alcohol motifs (C(OH)–C–C–N with tert-alkyl or cyclic N) is 1. The van der Waals surface area contributed by atoms with Gasteiger partial charge < -0.3 is 19.4 Å². The maximum atomic E-state index is 15.4. The number of rotatable bonds is 8. The van der Waals surface area contributed by atoms with Gasteiger partial charge in [-0.05, 0) is 61.6 Å². The Kier molecular flexibility index (Phi) is 7.53. The number of amides is 2. The minimum atomic E-state index is -0.358. The molecule has 6 rings (SSSR count). The monoisotopic (exact) mass is 559 g/mol. The standard InChI is InChI=1S/C30H34FN7O3/c1-3-4-25-34-28(35-41-25)20-9-11-36(12-10-20)29-26-23(31)7-6-22(27(26)32-18-33-29)21-5-8-24(19(2)17-21)38-14-13-37(15-16-39)30(38)40/h5-8,17-18,20,39H,3-4,9-16H2,1-2H3.